The Morgan fingerprint density at radius 3 is 3.00 bits per heavy atom. The van der Waals surface area contributed by atoms with Gasteiger partial charge >= 0.3 is 6.03 Å². The summed E-state index contributed by atoms with van der Waals surface area (Å²) in [6.07, 6.45) is 0.858. The molecular weight excluding hydrogens is 369 g/mol. The van der Waals surface area contributed by atoms with E-state index < -0.39 is 18.2 Å². The van der Waals surface area contributed by atoms with Gasteiger partial charge in [0.1, 0.15) is 22.7 Å². The summed E-state index contributed by atoms with van der Waals surface area (Å²) in [5.41, 5.74) is 7.04. The molecule has 3 aromatic rings. The van der Waals surface area contributed by atoms with Crippen molar-refractivity contribution in [1.29, 1.82) is 0 Å². The molecule has 0 unspecified atom stereocenters. The summed E-state index contributed by atoms with van der Waals surface area (Å²) >= 11 is 1.46. The Labute approximate surface area is 158 Å². The number of anilines is 1. The average Bonchev–Trinajstić information content (AvgIpc) is 3.09. The summed E-state index contributed by atoms with van der Waals surface area (Å²) in [6, 6.07) is 4.53. The van der Waals surface area contributed by atoms with E-state index in [2.05, 4.69) is 25.5 Å². The molecule has 0 bridgehead atoms. The highest BCUT2D eigenvalue weighted by Crippen LogP contribution is 2.24. The lowest BCUT2D eigenvalue weighted by Gasteiger charge is -2.32. The normalized spacial score (nSPS) is 20.0. The van der Waals surface area contributed by atoms with E-state index in [-0.39, 0.29) is 6.54 Å². The van der Waals surface area contributed by atoms with Crippen molar-refractivity contribution < 1.29 is 9.18 Å². The quantitative estimate of drug-likeness (QED) is 0.698. The number of pyridine rings is 2. The number of carbonyl (C=O) groups is 1. The second kappa shape index (κ2) is 7.12. The molecule has 0 aliphatic carbocycles. The van der Waals surface area contributed by atoms with Crippen LogP contribution in [-0.4, -0.2) is 56.4 Å². The summed E-state index contributed by atoms with van der Waals surface area (Å²) in [5.74, 6) is 0.357. The molecule has 1 saturated heterocycles. The van der Waals surface area contributed by atoms with Gasteiger partial charge in [0.05, 0.1) is 12.1 Å². The molecule has 4 heterocycles. The van der Waals surface area contributed by atoms with Gasteiger partial charge in [0.2, 0.25) is 0 Å². The largest absolute Gasteiger partial charge is 0.325 e. The Hall–Kier alpha value is -2.72. The summed E-state index contributed by atoms with van der Waals surface area (Å²) in [4.78, 5) is 22.6. The topological polar surface area (TPSA) is 110 Å². The highest BCUT2D eigenvalue weighted by molar-refractivity contribution is 7.14. The molecule has 0 saturated carbocycles. The molecule has 2 atom stereocenters. The van der Waals surface area contributed by atoms with Crippen molar-refractivity contribution in [2.24, 2.45) is 5.73 Å². The van der Waals surface area contributed by atoms with Gasteiger partial charge in [-0.2, -0.15) is 0 Å². The molecule has 3 N–H and O–H groups in total. The number of urea groups is 1. The predicted molar refractivity (Wildman–Crippen MR) is 101 cm³/mol. The molecule has 0 aromatic carbocycles. The van der Waals surface area contributed by atoms with Crippen LogP contribution in [0.15, 0.2) is 24.4 Å². The van der Waals surface area contributed by atoms with Crippen LogP contribution in [0.3, 0.4) is 0 Å². The van der Waals surface area contributed by atoms with E-state index in [1.165, 1.54) is 16.2 Å². The number of rotatable bonds is 2. The number of aryl methyl sites for hydroxylation is 1. The zero-order valence-electron chi connectivity index (χ0n) is 14.6. The zero-order chi connectivity index (χ0) is 19.0. The number of hydrogen-bond donors (Lipinski definition) is 2. The number of alkyl halides is 1. The van der Waals surface area contributed by atoms with Crippen LogP contribution >= 0.6 is 11.3 Å². The van der Waals surface area contributed by atoms with Crippen LogP contribution in [0.5, 0.6) is 0 Å². The van der Waals surface area contributed by atoms with Crippen molar-refractivity contribution >= 4 is 34.1 Å². The number of carbonyl (C=O) groups excluding carboxylic acids is 1. The number of amides is 2. The van der Waals surface area contributed by atoms with Crippen LogP contribution in [0.25, 0.3) is 21.6 Å². The summed E-state index contributed by atoms with van der Waals surface area (Å²) in [7, 11) is 0. The number of nitrogens with two attached hydrogens (primary N) is 1. The standard InChI is InChI=1S/C17H18FN7OS/c1-9-23-24-16(27-9)13-3-2-10-7-20-15(6-14(10)21-13)22-17(26)25-5-4-12(19)11(18)8-25/h2-3,6-7,11-12H,4-5,8,19H2,1H3,(H,20,22,26)/t11-,12+/m1/s1. The molecule has 2 amide bonds. The van der Waals surface area contributed by atoms with Gasteiger partial charge < -0.3 is 10.6 Å². The van der Waals surface area contributed by atoms with Gasteiger partial charge in [-0.05, 0) is 25.5 Å². The van der Waals surface area contributed by atoms with Crippen molar-refractivity contribution in [3.8, 4) is 10.7 Å². The number of piperidine rings is 1. The van der Waals surface area contributed by atoms with Gasteiger partial charge in [0.25, 0.3) is 0 Å². The third kappa shape index (κ3) is 3.71. The van der Waals surface area contributed by atoms with Crippen molar-refractivity contribution in [2.75, 3.05) is 18.4 Å². The fourth-order valence-corrected chi connectivity index (χ4v) is 3.56. The Morgan fingerprint density at radius 1 is 1.41 bits per heavy atom. The molecule has 1 aliphatic heterocycles. The summed E-state index contributed by atoms with van der Waals surface area (Å²) in [5, 5.41) is 13.3. The molecule has 0 radical (unpaired) electrons. The average molecular weight is 387 g/mol. The van der Waals surface area contributed by atoms with Crippen LogP contribution in [-0.2, 0) is 0 Å². The monoisotopic (exact) mass is 387 g/mol. The molecule has 0 spiro atoms. The van der Waals surface area contributed by atoms with Crippen molar-refractivity contribution in [2.45, 2.75) is 25.6 Å². The zero-order valence-corrected chi connectivity index (χ0v) is 15.4. The predicted octanol–water partition coefficient (Wildman–Crippen LogP) is 2.36. The molecule has 1 fully saturated rings. The molecular formula is C17H18FN7OS. The minimum absolute atomic E-state index is 0.0145. The lowest BCUT2D eigenvalue weighted by Crippen LogP contribution is -2.51. The number of hydrogen-bond acceptors (Lipinski definition) is 7. The lowest BCUT2D eigenvalue weighted by molar-refractivity contribution is 0.137. The first-order chi connectivity index (χ1) is 13.0. The number of halogens is 1. The highest BCUT2D eigenvalue weighted by Gasteiger charge is 2.29. The van der Waals surface area contributed by atoms with E-state index in [1.807, 2.05) is 19.1 Å². The van der Waals surface area contributed by atoms with Crippen LogP contribution in [0.2, 0.25) is 0 Å². The highest BCUT2D eigenvalue weighted by atomic mass is 32.1. The number of aromatic nitrogens is 4. The maximum Gasteiger partial charge on any atom is 0.323 e. The van der Waals surface area contributed by atoms with Gasteiger partial charge in [-0.15, -0.1) is 10.2 Å². The molecule has 140 valence electrons. The first-order valence-electron chi connectivity index (χ1n) is 8.52. The maximum atomic E-state index is 13.8. The number of likely N-dealkylation sites (tertiary alicyclic amines) is 1. The van der Waals surface area contributed by atoms with Gasteiger partial charge in [-0.1, -0.05) is 11.3 Å². The fraction of sp³-hybridized carbons (Fsp3) is 0.353. The van der Waals surface area contributed by atoms with E-state index in [9.17, 15) is 9.18 Å². The third-order valence-electron chi connectivity index (χ3n) is 4.43. The molecule has 4 rings (SSSR count). The molecule has 1 aliphatic rings. The fourth-order valence-electron chi connectivity index (χ4n) is 2.90. The molecule has 8 nitrogen and oxygen atoms in total. The van der Waals surface area contributed by atoms with E-state index in [0.29, 0.717) is 30.0 Å². The van der Waals surface area contributed by atoms with E-state index >= 15 is 0 Å². The Morgan fingerprint density at radius 2 is 2.26 bits per heavy atom. The number of nitrogens with zero attached hydrogens (tertiary/aromatic N) is 5. The van der Waals surface area contributed by atoms with Gasteiger partial charge in [0, 0.05) is 30.2 Å². The van der Waals surface area contributed by atoms with Crippen LogP contribution in [0.1, 0.15) is 11.4 Å². The van der Waals surface area contributed by atoms with Crippen molar-refractivity contribution in [3.05, 3.63) is 29.4 Å². The van der Waals surface area contributed by atoms with Crippen molar-refractivity contribution in [1.82, 2.24) is 25.1 Å². The van der Waals surface area contributed by atoms with Gasteiger partial charge in [-0.3, -0.25) is 5.32 Å². The minimum Gasteiger partial charge on any atom is -0.325 e. The second-order valence-electron chi connectivity index (χ2n) is 6.43. The lowest BCUT2D eigenvalue weighted by atomic mass is 10.0. The second-order valence-corrected chi connectivity index (χ2v) is 7.61. The first-order valence-corrected chi connectivity index (χ1v) is 9.34. The van der Waals surface area contributed by atoms with Crippen LogP contribution < -0.4 is 11.1 Å². The SMILES string of the molecule is Cc1nnc(-c2ccc3cnc(NC(=O)N4CC[C@H](N)[C@H](F)C4)cc3n2)s1. The number of nitrogens with one attached hydrogen (secondary N) is 1. The van der Waals surface area contributed by atoms with Crippen molar-refractivity contribution in [3.63, 3.8) is 0 Å². The van der Waals surface area contributed by atoms with E-state index in [0.717, 1.165) is 15.4 Å². The smallest absolute Gasteiger partial charge is 0.323 e. The van der Waals surface area contributed by atoms with E-state index in [4.69, 9.17) is 5.73 Å². The van der Waals surface area contributed by atoms with Gasteiger partial charge in [0.15, 0.2) is 5.01 Å². The van der Waals surface area contributed by atoms with Gasteiger partial charge in [-0.25, -0.2) is 19.2 Å². The van der Waals surface area contributed by atoms with Crippen LogP contribution in [0.4, 0.5) is 15.0 Å². The molecule has 10 heteroatoms. The first kappa shape index (κ1) is 17.7. The summed E-state index contributed by atoms with van der Waals surface area (Å²) in [6.45, 7) is 2.29. The molecule has 27 heavy (non-hydrogen) atoms. The number of fused-ring (bicyclic) bond motifs is 1. The molecule has 3 aromatic heterocycles. The van der Waals surface area contributed by atoms with Crippen LogP contribution in [0, 0.1) is 6.92 Å². The maximum absolute atomic E-state index is 13.8. The Balaban J connectivity index is 1.54. The minimum atomic E-state index is -1.21. The third-order valence-corrected chi connectivity index (χ3v) is 5.29. The Bertz CT molecular complexity index is 994. The Kier molecular flexibility index (Phi) is 4.66. The summed E-state index contributed by atoms with van der Waals surface area (Å²) < 4.78 is 13.8. The van der Waals surface area contributed by atoms with E-state index in [1.54, 1.807) is 12.3 Å².